The summed E-state index contributed by atoms with van der Waals surface area (Å²) in [5, 5.41) is 2.56. The second kappa shape index (κ2) is 9.12. The lowest BCUT2D eigenvalue weighted by Gasteiger charge is -2.33. The number of anilines is 1. The van der Waals surface area contributed by atoms with Crippen LogP contribution in [0.5, 0.6) is 17.2 Å². The summed E-state index contributed by atoms with van der Waals surface area (Å²) in [6, 6.07) is 14.4. The molecule has 0 radical (unpaired) electrons. The molecule has 0 aliphatic carbocycles. The molecule has 148 valence electrons. The third kappa shape index (κ3) is 4.36. The van der Waals surface area contributed by atoms with Gasteiger partial charge in [0.25, 0.3) is 11.8 Å². The molecule has 1 atom stereocenters. The second-order valence-corrected chi connectivity index (χ2v) is 6.28. The van der Waals surface area contributed by atoms with Crippen LogP contribution in [0.25, 0.3) is 0 Å². The Bertz CT molecular complexity index is 839. The molecule has 0 spiro atoms. The average molecular weight is 384 g/mol. The van der Waals surface area contributed by atoms with Gasteiger partial charge in [0.15, 0.2) is 24.2 Å². The van der Waals surface area contributed by atoms with E-state index in [1.807, 2.05) is 25.1 Å². The van der Waals surface area contributed by atoms with E-state index in [2.05, 4.69) is 5.32 Å². The van der Waals surface area contributed by atoms with Crippen LogP contribution in [0.2, 0.25) is 0 Å². The molecule has 2 amide bonds. The summed E-state index contributed by atoms with van der Waals surface area (Å²) in [6.07, 6.45) is 0.0997. The SMILES string of the molecule is CCCOc1ccccc1OCC(=O)N1C[C@H](C(=O)NC)Oc2ccccc21. The van der Waals surface area contributed by atoms with Gasteiger partial charge in [-0.3, -0.25) is 9.59 Å². The Morgan fingerprint density at radius 1 is 1.11 bits per heavy atom. The molecule has 7 heteroatoms. The molecule has 0 saturated carbocycles. The lowest BCUT2D eigenvalue weighted by molar-refractivity contribution is -0.128. The van der Waals surface area contributed by atoms with Crippen molar-refractivity contribution in [2.24, 2.45) is 0 Å². The summed E-state index contributed by atoms with van der Waals surface area (Å²) in [4.78, 5) is 26.5. The van der Waals surface area contributed by atoms with Gasteiger partial charge < -0.3 is 24.4 Å². The van der Waals surface area contributed by atoms with E-state index in [4.69, 9.17) is 14.2 Å². The number of rotatable bonds is 7. The first-order chi connectivity index (χ1) is 13.6. The van der Waals surface area contributed by atoms with Crippen molar-refractivity contribution in [3.8, 4) is 17.2 Å². The number of carbonyl (C=O) groups is 2. The Kier molecular flexibility index (Phi) is 6.37. The van der Waals surface area contributed by atoms with Crippen LogP contribution in [0.1, 0.15) is 13.3 Å². The topological polar surface area (TPSA) is 77.1 Å². The van der Waals surface area contributed by atoms with Crippen LogP contribution in [0.3, 0.4) is 0 Å². The molecule has 28 heavy (non-hydrogen) atoms. The Labute approximate surface area is 164 Å². The number of likely N-dealkylation sites (N-methyl/N-ethyl adjacent to an activating group) is 1. The third-order valence-corrected chi connectivity index (χ3v) is 4.28. The fourth-order valence-corrected chi connectivity index (χ4v) is 2.89. The van der Waals surface area contributed by atoms with Crippen molar-refractivity contribution in [1.29, 1.82) is 0 Å². The monoisotopic (exact) mass is 384 g/mol. The first-order valence-electron chi connectivity index (χ1n) is 9.26. The molecule has 0 unspecified atom stereocenters. The molecule has 0 fully saturated rings. The number of nitrogens with one attached hydrogen (secondary N) is 1. The second-order valence-electron chi connectivity index (χ2n) is 6.28. The van der Waals surface area contributed by atoms with Crippen molar-refractivity contribution >= 4 is 17.5 Å². The fourth-order valence-electron chi connectivity index (χ4n) is 2.89. The largest absolute Gasteiger partial charge is 0.490 e. The molecule has 1 aliphatic rings. The van der Waals surface area contributed by atoms with Gasteiger partial charge in [0.1, 0.15) is 5.75 Å². The van der Waals surface area contributed by atoms with Crippen LogP contribution in [0.4, 0.5) is 5.69 Å². The zero-order valence-electron chi connectivity index (χ0n) is 16.0. The van der Waals surface area contributed by atoms with Crippen molar-refractivity contribution in [2.75, 3.05) is 31.7 Å². The summed E-state index contributed by atoms with van der Waals surface area (Å²) in [7, 11) is 1.54. The maximum Gasteiger partial charge on any atom is 0.265 e. The van der Waals surface area contributed by atoms with E-state index in [1.165, 1.54) is 11.9 Å². The van der Waals surface area contributed by atoms with E-state index in [0.717, 1.165) is 6.42 Å². The minimum Gasteiger partial charge on any atom is -0.490 e. The van der Waals surface area contributed by atoms with Gasteiger partial charge in [-0.05, 0) is 30.7 Å². The van der Waals surface area contributed by atoms with Crippen molar-refractivity contribution in [3.05, 3.63) is 48.5 Å². The van der Waals surface area contributed by atoms with Crippen LogP contribution >= 0.6 is 0 Å². The van der Waals surface area contributed by atoms with E-state index in [1.54, 1.807) is 30.3 Å². The minimum absolute atomic E-state index is 0.118. The van der Waals surface area contributed by atoms with Gasteiger partial charge in [0.2, 0.25) is 0 Å². The molecule has 1 aliphatic heterocycles. The van der Waals surface area contributed by atoms with E-state index >= 15 is 0 Å². The Morgan fingerprint density at radius 2 is 1.79 bits per heavy atom. The maximum atomic E-state index is 12.9. The zero-order valence-corrected chi connectivity index (χ0v) is 16.0. The number of hydrogen-bond donors (Lipinski definition) is 1. The molecular formula is C21H24N2O5. The van der Waals surface area contributed by atoms with Crippen LogP contribution in [0.15, 0.2) is 48.5 Å². The van der Waals surface area contributed by atoms with Crippen LogP contribution in [0, 0.1) is 0 Å². The van der Waals surface area contributed by atoms with Gasteiger partial charge in [0, 0.05) is 7.05 Å². The lowest BCUT2D eigenvalue weighted by Crippen LogP contribution is -2.51. The number of ether oxygens (including phenoxy) is 3. The van der Waals surface area contributed by atoms with E-state index < -0.39 is 6.10 Å². The summed E-state index contributed by atoms with van der Waals surface area (Å²) >= 11 is 0. The summed E-state index contributed by atoms with van der Waals surface area (Å²) in [6.45, 7) is 2.53. The smallest absolute Gasteiger partial charge is 0.265 e. The van der Waals surface area contributed by atoms with Gasteiger partial charge in [-0.25, -0.2) is 0 Å². The highest BCUT2D eigenvalue weighted by molar-refractivity contribution is 5.98. The van der Waals surface area contributed by atoms with Crippen LogP contribution in [-0.2, 0) is 9.59 Å². The molecule has 2 aromatic carbocycles. The molecular weight excluding hydrogens is 360 g/mol. The van der Waals surface area contributed by atoms with Gasteiger partial charge >= 0.3 is 0 Å². The predicted octanol–water partition coefficient (Wildman–Crippen LogP) is 2.39. The average Bonchev–Trinajstić information content (AvgIpc) is 2.75. The van der Waals surface area contributed by atoms with Gasteiger partial charge in [-0.15, -0.1) is 0 Å². The first-order valence-corrected chi connectivity index (χ1v) is 9.26. The normalized spacial score (nSPS) is 15.2. The van der Waals surface area contributed by atoms with Gasteiger partial charge in [-0.1, -0.05) is 31.2 Å². The number of hydrogen-bond acceptors (Lipinski definition) is 5. The lowest BCUT2D eigenvalue weighted by atomic mass is 10.1. The standard InChI is InChI=1S/C21H24N2O5/c1-3-12-26-17-10-6-7-11-18(17)27-14-20(24)23-13-19(21(25)22-2)28-16-9-5-4-8-15(16)23/h4-11,19H,3,12-14H2,1-2H3,(H,22,25)/t19-/m1/s1. The van der Waals surface area contributed by atoms with Gasteiger partial charge in [0.05, 0.1) is 18.8 Å². The zero-order chi connectivity index (χ0) is 19.9. The van der Waals surface area contributed by atoms with Crippen LogP contribution in [-0.4, -0.2) is 44.7 Å². The summed E-state index contributed by atoms with van der Waals surface area (Å²) < 4.78 is 17.1. The Hall–Kier alpha value is -3.22. The summed E-state index contributed by atoms with van der Waals surface area (Å²) in [5.74, 6) is 1.04. The van der Waals surface area contributed by atoms with Gasteiger partial charge in [-0.2, -0.15) is 0 Å². The molecule has 1 heterocycles. The number of nitrogens with zero attached hydrogens (tertiary/aromatic N) is 1. The van der Waals surface area contributed by atoms with Crippen molar-refractivity contribution in [1.82, 2.24) is 5.32 Å². The van der Waals surface area contributed by atoms with Crippen molar-refractivity contribution in [2.45, 2.75) is 19.4 Å². The van der Waals surface area contributed by atoms with Crippen molar-refractivity contribution < 1.29 is 23.8 Å². The summed E-state index contributed by atoms with van der Waals surface area (Å²) in [5.41, 5.74) is 0.617. The molecule has 3 rings (SSSR count). The molecule has 0 bridgehead atoms. The number of para-hydroxylation sites is 4. The number of amides is 2. The maximum absolute atomic E-state index is 12.9. The van der Waals surface area contributed by atoms with Crippen LogP contribution < -0.4 is 24.4 Å². The Balaban J connectivity index is 1.74. The number of benzene rings is 2. The molecule has 1 N–H and O–H groups in total. The minimum atomic E-state index is -0.774. The molecule has 7 nitrogen and oxygen atoms in total. The van der Waals surface area contributed by atoms with E-state index in [-0.39, 0.29) is 25.0 Å². The quantitative estimate of drug-likeness (QED) is 0.793. The highest BCUT2D eigenvalue weighted by atomic mass is 16.5. The number of fused-ring (bicyclic) bond motifs is 1. The van der Waals surface area contributed by atoms with E-state index in [9.17, 15) is 9.59 Å². The molecule has 2 aromatic rings. The predicted molar refractivity (Wildman–Crippen MR) is 105 cm³/mol. The van der Waals surface area contributed by atoms with E-state index in [0.29, 0.717) is 29.5 Å². The third-order valence-electron chi connectivity index (χ3n) is 4.28. The first kappa shape index (κ1) is 19.5. The highest BCUT2D eigenvalue weighted by Gasteiger charge is 2.33. The number of carbonyl (C=O) groups excluding carboxylic acids is 2. The van der Waals surface area contributed by atoms with Crippen molar-refractivity contribution in [3.63, 3.8) is 0 Å². The highest BCUT2D eigenvalue weighted by Crippen LogP contribution is 2.33. The fraction of sp³-hybridized carbons (Fsp3) is 0.333. The molecule has 0 aromatic heterocycles. The molecule has 0 saturated heterocycles. The Morgan fingerprint density at radius 3 is 2.50 bits per heavy atom.